The molecule has 1 aliphatic rings. The molecule has 1 aromatic heterocycles. The van der Waals surface area contributed by atoms with Crippen LogP contribution >= 0.6 is 0 Å². The van der Waals surface area contributed by atoms with E-state index < -0.39 is 0 Å². The Morgan fingerprint density at radius 1 is 1.09 bits per heavy atom. The normalized spacial score (nSPS) is 16.3. The predicted molar refractivity (Wildman–Crippen MR) is 87.5 cm³/mol. The molecular weight excluding hydrogens is 278 g/mol. The minimum Gasteiger partial charge on any atom is -0.398 e. The summed E-state index contributed by atoms with van der Waals surface area (Å²) in [6.45, 7) is 6.11. The molecule has 1 aliphatic heterocycles. The number of nitrogen functional groups attached to an aromatic ring is 2. The molecule has 2 aromatic rings. The third-order valence-electron chi connectivity index (χ3n) is 3.48. The number of nitrogens with one attached hydrogen (secondary N) is 1. The van der Waals surface area contributed by atoms with Crippen molar-refractivity contribution in [2.24, 2.45) is 0 Å². The maximum absolute atomic E-state index is 6.00. The summed E-state index contributed by atoms with van der Waals surface area (Å²) in [5.41, 5.74) is 17.2. The lowest BCUT2D eigenvalue weighted by molar-refractivity contribution is 0.544. The van der Waals surface area contributed by atoms with Crippen molar-refractivity contribution >= 4 is 17.6 Å². The first kappa shape index (κ1) is 14.1. The zero-order chi connectivity index (χ0) is 15.9. The zero-order valence-electron chi connectivity index (χ0n) is 12.8. The molecule has 5 N–H and O–H groups in total. The van der Waals surface area contributed by atoms with Crippen molar-refractivity contribution < 1.29 is 0 Å². The number of para-hydroxylation sites is 1. The summed E-state index contributed by atoms with van der Waals surface area (Å²) in [4.78, 5) is 13.0. The summed E-state index contributed by atoms with van der Waals surface area (Å²) in [5, 5.41) is 1.86. The van der Waals surface area contributed by atoms with Gasteiger partial charge in [0.2, 0.25) is 5.95 Å². The Bertz CT molecular complexity index is 751. The Morgan fingerprint density at radius 3 is 2.45 bits per heavy atom. The number of hydrogen-bond acceptors (Lipinski definition) is 7. The van der Waals surface area contributed by atoms with Gasteiger partial charge in [-0.3, -0.25) is 5.43 Å². The average molecular weight is 297 g/mol. The van der Waals surface area contributed by atoms with Gasteiger partial charge in [-0.05, 0) is 39.0 Å². The summed E-state index contributed by atoms with van der Waals surface area (Å²) in [5.74, 6) is 1.08. The highest BCUT2D eigenvalue weighted by atomic mass is 15.6. The summed E-state index contributed by atoms with van der Waals surface area (Å²) in [6.07, 6.45) is 2.10. The molecule has 7 nitrogen and oxygen atoms in total. The highest BCUT2D eigenvalue weighted by molar-refractivity contribution is 5.72. The van der Waals surface area contributed by atoms with E-state index in [1.54, 1.807) is 6.07 Å². The second-order valence-electron chi connectivity index (χ2n) is 5.83. The first-order valence-electron chi connectivity index (χ1n) is 6.99. The molecule has 0 unspecified atom stereocenters. The monoisotopic (exact) mass is 297 g/mol. The van der Waals surface area contributed by atoms with Crippen molar-refractivity contribution in [1.29, 1.82) is 0 Å². The lowest BCUT2D eigenvalue weighted by Crippen LogP contribution is -2.46. The van der Waals surface area contributed by atoms with Gasteiger partial charge in [-0.2, -0.15) is 15.0 Å². The van der Waals surface area contributed by atoms with Gasteiger partial charge in [-0.25, -0.2) is 5.01 Å². The van der Waals surface area contributed by atoms with Gasteiger partial charge in [-0.1, -0.05) is 12.1 Å². The van der Waals surface area contributed by atoms with E-state index in [4.69, 9.17) is 11.5 Å². The first-order chi connectivity index (χ1) is 10.4. The van der Waals surface area contributed by atoms with Crippen LogP contribution in [0, 0.1) is 0 Å². The molecular formula is C15H19N7. The number of aromatic nitrogens is 3. The smallest absolute Gasteiger partial charge is 0.250 e. The van der Waals surface area contributed by atoms with E-state index in [0.29, 0.717) is 17.5 Å². The van der Waals surface area contributed by atoms with E-state index in [1.165, 1.54) is 0 Å². The van der Waals surface area contributed by atoms with Crippen LogP contribution in [-0.4, -0.2) is 20.5 Å². The Labute approximate surface area is 129 Å². The highest BCUT2D eigenvalue weighted by Crippen LogP contribution is 2.29. The van der Waals surface area contributed by atoms with E-state index in [0.717, 1.165) is 11.3 Å². The number of nitrogens with zero attached hydrogens (tertiary/aromatic N) is 4. The Hall–Kier alpha value is -2.83. The van der Waals surface area contributed by atoms with Gasteiger partial charge in [0.1, 0.15) is 0 Å². The van der Waals surface area contributed by atoms with Gasteiger partial charge < -0.3 is 11.5 Å². The van der Waals surface area contributed by atoms with Gasteiger partial charge in [0.25, 0.3) is 5.95 Å². The van der Waals surface area contributed by atoms with Crippen LogP contribution in [0.5, 0.6) is 0 Å². The van der Waals surface area contributed by atoms with Crippen LogP contribution in [0.25, 0.3) is 11.4 Å². The molecule has 114 valence electrons. The van der Waals surface area contributed by atoms with Gasteiger partial charge in [0.15, 0.2) is 5.82 Å². The van der Waals surface area contributed by atoms with Crippen molar-refractivity contribution in [3.63, 3.8) is 0 Å². The molecule has 1 aromatic carbocycles. The molecule has 22 heavy (non-hydrogen) atoms. The predicted octanol–water partition coefficient (Wildman–Crippen LogP) is 1.71. The molecule has 0 fully saturated rings. The van der Waals surface area contributed by atoms with E-state index in [-0.39, 0.29) is 11.5 Å². The number of nitrogens with two attached hydrogens (primary N) is 2. The molecule has 0 saturated heterocycles. The summed E-state index contributed by atoms with van der Waals surface area (Å²) in [7, 11) is 0. The van der Waals surface area contributed by atoms with E-state index in [9.17, 15) is 0 Å². The van der Waals surface area contributed by atoms with E-state index in [2.05, 4.69) is 40.3 Å². The number of allylic oxidation sites excluding steroid dienone is 1. The second kappa shape index (κ2) is 4.87. The lowest BCUT2D eigenvalue weighted by atomic mass is 10.1. The highest BCUT2D eigenvalue weighted by Gasteiger charge is 2.33. The Balaban J connectivity index is 2.07. The molecule has 7 heteroatoms. The molecule has 2 heterocycles. The van der Waals surface area contributed by atoms with Crippen molar-refractivity contribution in [2.75, 3.05) is 16.5 Å². The number of hydrogen-bond donors (Lipinski definition) is 3. The van der Waals surface area contributed by atoms with Crippen molar-refractivity contribution in [3.8, 4) is 11.4 Å². The van der Waals surface area contributed by atoms with Gasteiger partial charge in [0.05, 0.1) is 5.54 Å². The number of anilines is 3. The summed E-state index contributed by atoms with van der Waals surface area (Å²) >= 11 is 0. The minimum absolute atomic E-state index is 0.158. The average Bonchev–Trinajstić information content (AvgIpc) is 2.71. The van der Waals surface area contributed by atoms with Crippen LogP contribution in [0.2, 0.25) is 0 Å². The van der Waals surface area contributed by atoms with Crippen LogP contribution in [0.4, 0.5) is 17.6 Å². The largest absolute Gasteiger partial charge is 0.398 e. The first-order valence-corrected chi connectivity index (χ1v) is 6.99. The molecule has 0 bridgehead atoms. The second-order valence-corrected chi connectivity index (χ2v) is 5.83. The topological polar surface area (TPSA) is 106 Å². The van der Waals surface area contributed by atoms with Gasteiger partial charge in [0, 0.05) is 16.9 Å². The van der Waals surface area contributed by atoms with Crippen molar-refractivity contribution in [1.82, 2.24) is 20.4 Å². The third-order valence-corrected chi connectivity index (χ3v) is 3.48. The maximum atomic E-state index is 6.00. The number of benzene rings is 1. The Morgan fingerprint density at radius 2 is 1.82 bits per heavy atom. The molecule has 0 amide bonds. The van der Waals surface area contributed by atoms with Crippen molar-refractivity contribution in [2.45, 2.75) is 26.3 Å². The molecule has 3 rings (SSSR count). The number of hydrazine groups is 1. The number of rotatable bonds is 2. The van der Waals surface area contributed by atoms with Crippen LogP contribution in [0.3, 0.4) is 0 Å². The quantitative estimate of drug-likeness (QED) is 0.724. The molecule has 0 atom stereocenters. The molecule has 0 aliphatic carbocycles. The lowest BCUT2D eigenvalue weighted by Gasteiger charge is -2.30. The molecule has 0 saturated carbocycles. The maximum Gasteiger partial charge on any atom is 0.250 e. The van der Waals surface area contributed by atoms with Gasteiger partial charge >= 0.3 is 0 Å². The third kappa shape index (κ3) is 2.41. The minimum atomic E-state index is -0.266. The fourth-order valence-corrected chi connectivity index (χ4v) is 2.56. The zero-order valence-corrected chi connectivity index (χ0v) is 12.8. The van der Waals surface area contributed by atoms with Crippen molar-refractivity contribution in [3.05, 3.63) is 36.0 Å². The van der Waals surface area contributed by atoms with Crippen LogP contribution in [-0.2, 0) is 0 Å². The van der Waals surface area contributed by atoms with Crippen LogP contribution < -0.4 is 21.9 Å². The van der Waals surface area contributed by atoms with Crippen LogP contribution in [0.1, 0.15) is 20.8 Å². The fraction of sp³-hybridized carbons (Fsp3) is 0.267. The Kier molecular flexibility index (Phi) is 3.13. The van der Waals surface area contributed by atoms with E-state index >= 15 is 0 Å². The summed E-state index contributed by atoms with van der Waals surface area (Å²) in [6, 6.07) is 7.41. The van der Waals surface area contributed by atoms with Crippen LogP contribution in [0.15, 0.2) is 36.0 Å². The van der Waals surface area contributed by atoms with Gasteiger partial charge in [-0.15, -0.1) is 0 Å². The summed E-state index contributed by atoms with van der Waals surface area (Å²) < 4.78 is 0. The SMILES string of the molecule is CC1=CC(C)(C)N(c2nc(N)nc(-c3ccccc3N)n2)N1. The molecule has 0 radical (unpaired) electrons. The fourth-order valence-electron chi connectivity index (χ4n) is 2.56. The van der Waals surface area contributed by atoms with E-state index in [1.807, 2.05) is 30.1 Å². The standard InChI is InChI=1S/C15H19N7/c1-9-8-15(2,3)22(21-9)14-19-12(18-13(17)20-14)10-6-4-5-7-11(10)16/h4-8,21H,16H2,1-3H3,(H2,17,18,19,20). The molecule has 0 spiro atoms.